The van der Waals surface area contributed by atoms with E-state index >= 15 is 0 Å². The number of hydrogen-bond donors (Lipinski definition) is 3. The average Bonchev–Trinajstić information content (AvgIpc) is 3.38. The number of carboxylic acids is 1. The Morgan fingerprint density at radius 2 is 1.82 bits per heavy atom. The fourth-order valence-electron chi connectivity index (χ4n) is 6.03. The number of azide groups is 1. The van der Waals surface area contributed by atoms with Gasteiger partial charge in [-0.2, -0.15) is 0 Å². The van der Waals surface area contributed by atoms with Gasteiger partial charge in [0.05, 0.1) is 17.8 Å². The second-order valence-electron chi connectivity index (χ2n) is 12.9. The maximum Gasteiger partial charge on any atom is 0.457 e. The minimum Gasteiger partial charge on any atom is -0.481 e. The minimum atomic E-state index is -1.61. The van der Waals surface area contributed by atoms with Gasteiger partial charge in [0.1, 0.15) is 17.2 Å². The molecule has 0 aromatic carbocycles. The van der Waals surface area contributed by atoms with E-state index in [-0.39, 0.29) is 31.3 Å². The first-order valence-corrected chi connectivity index (χ1v) is 13.5. The van der Waals surface area contributed by atoms with E-state index in [0.29, 0.717) is 19.2 Å². The van der Waals surface area contributed by atoms with Crippen molar-refractivity contribution in [1.29, 1.82) is 0 Å². The van der Waals surface area contributed by atoms with Crippen molar-refractivity contribution in [2.75, 3.05) is 19.7 Å². The van der Waals surface area contributed by atoms with Crippen LogP contribution < -0.4 is 5.32 Å². The highest BCUT2D eigenvalue weighted by molar-refractivity contribution is 6.45. The predicted molar refractivity (Wildman–Crippen MR) is 142 cm³/mol. The Hall–Kier alpha value is -2.54. The zero-order valence-corrected chi connectivity index (χ0v) is 24.0. The van der Waals surface area contributed by atoms with Crippen molar-refractivity contribution in [2.24, 2.45) is 22.9 Å². The van der Waals surface area contributed by atoms with Crippen molar-refractivity contribution in [2.45, 2.75) is 102 Å². The Balaban J connectivity index is 1.71. The van der Waals surface area contributed by atoms with Crippen LogP contribution in [0.2, 0.25) is 6.32 Å². The number of hydrogen-bond acceptors (Lipinski definition) is 8. The molecule has 2 amide bonds. The number of carbonyl (C=O) groups excluding carboxylic acids is 2. The molecule has 0 radical (unpaired) electrons. The highest BCUT2D eigenvalue weighted by atomic mass is 16.7. The molecule has 5 atom stereocenters. The van der Waals surface area contributed by atoms with Crippen LogP contribution in [0.3, 0.4) is 0 Å². The van der Waals surface area contributed by atoms with Gasteiger partial charge in [-0.1, -0.05) is 11.5 Å². The van der Waals surface area contributed by atoms with E-state index < -0.39 is 66.0 Å². The number of fused-ring (bicyclic) bond motifs is 1. The van der Waals surface area contributed by atoms with Gasteiger partial charge in [-0.05, 0) is 90.9 Å². The van der Waals surface area contributed by atoms with Gasteiger partial charge in [-0.25, -0.2) is 4.79 Å². The lowest BCUT2D eigenvalue weighted by molar-refractivity contribution is -0.145. The van der Waals surface area contributed by atoms with Gasteiger partial charge in [0.2, 0.25) is 5.91 Å². The summed E-state index contributed by atoms with van der Waals surface area (Å²) < 4.78 is 17.3. The summed E-state index contributed by atoms with van der Waals surface area (Å²) in [5, 5.41) is 26.2. The van der Waals surface area contributed by atoms with E-state index in [0.717, 1.165) is 0 Å². The third-order valence-corrected chi connectivity index (χ3v) is 8.53. The summed E-state index contributed by atoms with van der Waals surface area (Å²) >= 11 is 0. The van der Waals surface area contributed by atoms with Gasteiger partial charge in [0.15, 0.2) is 0 Å². The summed E-state index contributed by atoms with van der Waals surface area (Å²) in [6.45, 7) is 12.8. The monoisotopic (exact) mass is 551 g/mol. The number of aliphatic hydroxyl groups is 1. The number of likely N-dealkylation sites (tertiary alicyclic amines) is 1. The Labute approximate surface area is 229 Å². The fourth-order valence-corrected chi connectivity index (χ4v) is 6.03. The van der Waals surface area contributed by atoms with E-state index in [1.165, 1.54) is 4.90 Å². The molecular formula is C25H42BN5O8. The summed E-state index contributed by atoms with van der Waals surface area (Å²) in [6, 6.07) is -1.19. The first-order valence-electron chi connectivity index (χ1n) is 13.5. The van der Waals surface area contributed by atoms with Crippen LogP contribution in [0, 0.1) is 17.8 Å². The number of ether oxygens (including phenoxy) is 1. The normalized spacial score (nSPS) is 29.9. The number of nitrogens with one attached hydrogen (secondary N) is 1. The number of rotatable bonds is 9. The Morgan fingerprint density at radius 1 is 1.21 bits per heavy atom. The lowest BCUT2D eigenvalue weighted by atomic mass is 9.75. The summed E-state index contributed by atoms with van der Waals surface area (Å²) in [6.07, 6.45) is 0.849. The summed E-state index contributed by atoms with van der Waals surface area (Å²) in [5.74, 6) is -2.60. The summed E-state index contributed by atoms with van der Waals surface area (Å²) in [7, 11) is -0.434. The van der Waals surface area contributed by atoms with Gasteiger partial charge < -0.3 is 34.5 Å². The molecule has 0 unspecified atom stereocenters. The van der Waals surface area contributed by atoms with Crippen LogP contribution >= 0.6 is 0 Å². The lowest BCUT2D eigenvalue weighted by Gasteiger charge is -2.32. The lowest BCUT2D eigenvalue weighted by Crippen LogP contribution is -2.52. The number of amides is 2. The van der Waals surface area contributed by atoms with Crippen LogP contribution in [0.1, 0.15) is 67.7 Å². The number of alkyl carbamates (subject to hydrolysis) is 1. The van der Waals surface area contributed by atoms with Crippen LogP contribution in [0.15, 0.2) is 5.11 Å². The molecule has 14 heteroatoms. The van der Waals surface area contributed by atoms with Crippen molar-refractivity contribution in [1.82, 2.24) is 10.2 Å². The van der Waals surface area contributed by atoms with Gasteiger partial charge in [0.25, 0.3) is 0 Å². The molecule has 13 nitrogen and oxygen atoms in total. The SMILES string of the molecule is CC(C)(C)OC(=O)N[C@@H](CO)C(=O)N1C[C@@H]2C[C@@](N=[N+]=[N-])(C(=O)O)[C@@H](CCCB3OC(C)(C)C(C)(C)O3)[C@@H]2C1. The zero-order chi connectivity index (χ0) is 29.4. The molecule has 0 bridgehead atoms. The molecule has 1 saturated carbocycles. The maximum atomic E-state index is 13.2. The Kier molecular flexibility index (Phi) is 8.86. The smallest absolute Gasteiger partial charge is 0.457 e. The number of aliphatic hydroxyl groups excluding tert-OH is 1. The molecule has 2 saturated heterocycles. The molecule has 0 spiro atoms. The molecular weight excluding hydrogens is 509 g/mol. The van der Waals surface area contributed by atoms with E-state index in [4.69, 9.17) is 14.0 Å². The van der Waals surface area contributed by atoms with Crippen LogP contribution in [0.25, 0.3) is 10.4 Å². The van der Waals surface area contributed by atoms with Crippen LogP contribution in [0.5, 0.6) is 0 Å². The minimum absolute atomic E-state index is 0.102. The summed E-state index contributed by atoms with van der Waals surface area (Å²) in [4.78, 5) is 42.3. The van der Waals surface area contributed by atoms with Crippen molar-refractivity contribution in [3.8, 4) is 0 Å². The molecule has 0 aromatic heterocycles. The first-order chi connectivity index (χ1) is 18.0. The van der Waals surface area contributed by atoms with Crippen LogP contribution in [-0.4, -0.2) is 88.3 Å². The molecule has 218 valence electrons. The molecule has 3 fully saturated rings. The standard InChI is InChI=1S/C25H42BN5O8/c1-22(2,3)37-21(36)28-18(14-32)19(33)31-12-15-11-25(20(34)35,29-30-27)17(16(15)13-31)9-8-10-26-38-23(4,5)24(6,7)39-26/h15-18,32H,8-14H2,1-7H3,(H,28,36)(H,34,35)/t15-,16+,17-,18-,25-/m0/s1. The van der Waals surface area contributed by atoms with E-state index in [1.807, 2.05) is 27.7 Å². The van der Waals surface area contributed by atoms with Gasteiger partial charge in [-0.15, -0.1) is 0 Å². The largest absolute Gasteiger partial charge is 0.481 e. The number of carboxylic acid groups (broad SMARTS) is 1. The zero-order valence-electron chi connectivity index (χ0n) is 24.0. The molecule has 0 aromatic rings. The Morgan fingerprint density at radius 3 is 2.33 bits per heavy atom. The van der Waals surface area contributed by atoms with E-state index in [1.54, 1.807) is 20.8 Å². The molecule has 3 aliphatic rings. The Bertz CT molecular complexity index is 991. The van der Waals surface area contributed by atoms with E-state index in [2.05, 4.69) is 15.3 Å². The molecule has 2 heterocycles. The number of carbonyl (C=O) groups is 3. The highest BCUT2D eigenvalue weighted by Crippen LogP contribution is 2.53. The van der Waals surface area contributed by atoms with Crippen molar-refractivity contribution >= 4 is 25.1 Å². The molecule has 3 rings (SSSR count). The highest BCUT2D eigenvalue weighted by Gasteiger charge is 2.60. The topological polar surface area (TPSA) is 183 Å². The second kappa shape index (κ2) is 11.2. The second-order valence-corrected chi connectivity index (χ2v) is 12.9. The van der Waals surface area contributed by atoms with Crippen LogP contribution in [-0.2, 0) is 23.6 Å². The third-order valence-electron chi connectivity index (χ3n) is 8.53. The van der Waals surface area contributed by atoms with Gasteiger partial charge >= 0.3 is 19.2 Å². The molecule has 1 aliphatic carbocycles. The third kappa shape index (κ3) is 6.45. The number of nitrogens with zero attached hydrogens (tertiary/aromatic N) is 4. The first kappa shape index (κ1) is 31.0. The fraction of sp³-hybridized carbons (Fsp3) is 0.880. The van der Waals surface area contributed by atoms with Crippen LogP contribution in [0.4, 0.5) is 4.79 Å². The summed E-state index contributed by atoms with van der Waals surface area (Å²) in [5.41, 5.74) is 5.92. The molecule has 2 aliphatic heterocycles. The van der Waals surface area contributed by atoms with Gasteiger partial charge in [-0.3, -0.25) is 9.59 Å². The van der Waals surface area contributed by atoms with Crippen molar-refractivity contribution in [3.63, 3.8) is 0 Å². The molecule has 3 N–H and O–H groups in total. The number of aliphatic carboxylic acids is 1. The molecule has 39 heavy (non-hydrogen) atoms. The van der Waals surface area contributed by atoms with Gasteiger partial charge in [0, 0.05) is 18.0 Å². The predicted octanol–water partition coefficient (Wildman–Crippen LogP) is 2.97. The average molecular weight is 551 g/mol. The maximum absolute atomic E-state index is 13.2. The van der Waals surface area contributed by atoms with Crippen molar-refractivity contribution < 1.29 is 38.6 Å². The quantitative estimate of drug-likeness (QED) is 0.169. The van der Waals surface area contributed by atoms with E-state index in [9.17, 15) is 30.1 Å². The van der Waals surface area contributed by atoms with Crippen molar-refractivity contribution in [3.05, 3.63) is 10.4 Å².